The highest BCUT2D eigenvalue weighted by molar-refractivity contribution is 7.87. The summed E-state index contributed by atoms with van der Waals surface area (Å²) in [6.45, 7) is 4.36. The van der Waals surface area contributed by atoms with Gasteiger partial charge in [-0.1, -0.05) is 13.8 Å². The third-order valence-electron chi connectivity index (χ3n) is 2.70. The first-order valence-electron chi connectivity index (χ1n) is 5.84. The quantitative estimate of drug-likeness (QED) is 0.659. The Morgan fingerprint density at radius 1 is 1.25 bits per heavy atom. The van der Waals surface area contributed by atoms with Crippen molar-refractivity contribution in [2.24, 2.45) is 5.92 Å². The molecule has 6 heteroatoms. The predicted octanol–water partition coefficient (Wildman–Crippen LogP) is 0.370. The van der Waals surface area contributed by atoms with Crippen molar-refractivity contribution in [2.75, 3.05) is 6.54 Å². The van der Waals surface area contributed by atoms with Crippen molar-refractivity contribution in [1.29, 1.82) is 0 Å². The lowest BCUT2D eigenvalue weighted by Crippen LogP contribution is -2.45. The Bertz CT molecular complexity index is 295. The van der Waals surface area contributed by atoms with E-state index in [1.165, 1.54) is 0 Å². The van der Waals surface area contributed by atoms with Gasteiger partial charge in [0.2, 0.25) is 0 Å². The number of hydrogen-bond donors (Lipinski definition) is 3. The van der Waals surface area contributed by atoms with Crippen molar-refractivity contribution >= 4 is 10.2 Å². The van der Waals surface area contributed by atoms with Crippen molar-refractivity contribution in [3.05, 3.63) is 0 Å². The van der Waals surface area contributed by atoms with E-state index in [1.54, 1.807) is 0 Å². The van der Waals surface area contributed by atoms with Crippen LogP contribution in [0.15, 0.2) is 0 Å². The van der Waals surface area contributed by atoms with E-state index < -0.39 is 10.2 Å². The Hall–Kier alpha value is -0.170. The van der Waals surface area contributed by atoms with Crippen LogP contribution in [0.4, 0.5) is 0 Å². The van der Waals surface area contributed by atoms with E-state index in [1.807, 2.05) is 13.8 Å². The molecule has 0 atom stereocenters. The maximum atomic E-state index is 11.6. The van der Waals surface area contributed by atoms with E-state index in [2.05, 4.69) is 9.44 Å². The van der Waals surface area contributed by atoms with Gasteiger partial charge in [0, 0.05) is 12.6 Å². The van der Waals surface area contributed by atoms with Crippen molar-refractivity contribution in [1.82, 2.24) is 9.44 Å². The summed E-state index contributed by atoms with van der Waals surface area (Å²) in [7, 11) is -3.38. The first kappa shape index (κ1) is 13.9. The molecular formula is C10H22N2O3S. The highest BCUT2D eigenvalue weighted by atomic mass is 32.2. The largest absolute Gasteiger partial charge is 0.393 e. The lowest BCUT2D eigenvalue weighted by molar-refractivity contribution is 0.120. The zero-order valence-electron chi connectivity index (χ0n) is 9.94. The summed E-state index contributed by atoms with van der Waals surface area (Å²) in [6, 6.07) is -0.0342. The highest BCUT2D eigenvalue weighted by Gasteiger charge is 2.23. The van der Waals surface area contributed by atoms with Crippen LogP contribution in [0.5, 0.6) is 0 Å². The summed E-state index contributed by atoms with van der Waals surface area (Å²) in [5, 5.41) is 9.31. The monoisotopic (exact) mass is 250 g/mol. The molecule has 1 fully saturated rings. The van der Waals surface area contributed by atoms with Crippen LogP contribution in [-0.4, -0.2) is 32.2 Å². The van der Waals surface area contributed by atoms with Crippen LogP contribution < -0.4 is 9.44 Å². The molecule has 5 nitrogen and oxygen atoms in total. The molecular weight excluding hydrogens is 228 g/mol. The van der Waals surface area contributed by atoms with E-state index >= 15 is 0 Å². The summed E-state index contributed by atoms with van der Waals surface area (Å²) in [4.78, 5) is 0. The van der Waals surface area contributed by atoms with Crippen molar-refractivity contribution in [3.8, 4) is 0 Å². The van der Waals surface area contributed by atoms with Gasteiger partial charge >= 0.3 is 0 Å². The minimum Gasteiger partial charge on any atom is -0.393 e. The van der Waals surface area contributed by atoms with Crippen LogP contribution >= 0.6 is 0 Å². The molecule has 0 aromatic carbocycles. The van der Waals surface area contributed by atoms with Gasteiger partial charge in [0.15, 0.2) is 0 Å². The van der Waals surface area contributed by atoms with Gasteiger partial charge in [0.05, 0.1) is 6.10 Å². The number of hydrogen-bond acceptors (Lipinski definition) is 3. The maximum absolute atomic E-state index is 11.6. The number of rotatable bonds is 5. The van der Waals surface area contributed by atoms with Crippen LogP contribution in [0.2, 0.25) is 0 Å². The second kappa shape index (κ2) is 5.95. The molecule has 0 heterocycles. The fraction of sp³-hybridized carbons (Fsp3) is 1.00. The number of nitrogens with one attached hydrogen (secondary N) is 2. The van der Waals surface area contributed by atoms with Gasteiger partial charge in [-0.3, -0.25) is 0 Å². The third kappa shape index (κ3) is 5.25. The van der Waals surface area contributed by atoms with Crippen LogP contribution in [0.25, 0.3) is 0 Å². The third-order valence-corrected chi connectivity index (χ3v) is 3.89. The average molecular weight is 250 g/mol. The molecule has 0 aromatic rings. The summed E-state index contributed by atoms with van der Waals surface area (Å²) < 4.78 is 28.3. The van der Waals surface area contributed by atoms with Gasteiger partial charge in [-0.25, -0.2) is 4.72 Å². The van der Waals surface area contributed by atoms with E-state index in [0.29, 0.717) is 38.1 Å². The Labute approximate surface area is 97.8 Å². The summed E-state index contributed by atoms with van der Waals surface area (Å²) >= 11 is 0. The standard InChI is InChI=1S/C10H22N2O3S/c1-8(2)7-11-16(14,15)12-9-3-5-10(13)6-4-9/h8-13H,3-7H2,1-2H3. The zero-order chi connectivity index (χ0) is 12.2. The molecule has 0 saturated heterocycles. The molecule has 16 heavy (non-hydrogen) atoms. The zero-order valence-corrected chi connectivity index (χ0v) is 10.8. The molecule has 0 bridgehead atoms. The molecule has 1 aliphatic rings. The molecule has 96 valence electrons. The Morgan fingerprint density at radius 3 is 2.31 bits per heavy atom. The smallest absolute Gasteiger partial charge is 0.277 e. The van der Waals surface area contributed by atoms with E-state index in [-0.39, 0.29) is 12.1 Å². The van der Waals surface area contributed by atoms with Crippen molar-refractivity contribution in [3.63, 3.8) is 0 Å². The first-order chi connectivity index (χ1) is 7.39. The van der Waals surface area contributed by atoms with Gasteiger partial charge in [0.1, 0.15) is 0 Å². The second-order valence-electron chi connectivity index (χ2n) is 4.87. The SMILES string of the molecule is CC(C)CNS(=O)(=O)NC1CCC(O)CC1. The van der Waals surface area contributed by atoms with Crippen molar-refractivity contribution in [2.45, 2.75) is 51.7 Å². The topological polar surface area (TPSA) is 78.4 Å². The van der Waals surface area contributed by atoms with Crippen LogP contribution in [0, 0.1) is 5.92 Å². The number of aliphatic hydroxyl groups is 1. The molecule has 0 aromatic heterocycles. The molecule has 1 aliphatic carbocycles. The van der Waals surface area contributed by atoms with E-state index in [9.17, 15) is 13.5 Å². The normalized spacial score (nSPS) is 27.2. The lowest BCUT2D eigenvalue weighted by atomic mass is 9.94. The second-order valence-corrected chi connectivity index (χ2v) is 6.40. The molecule has 0 spiro atoms. The minimum absolute atomic E-state index is 0.0342. The molecule has 1 rings (SSSR count). The van der Waals surface area contributed by atoms with Crippen LogP contribution in [0.1, 0.15) is 39.5 Å². The molecule has 0 amide bonds. The fourth-order valence-electron chi connectivity index (χ4n) is 1.73. The maximum Gasteiger partial charge on any atom is 0.277 e. The van der Waals surface area contributed by atoms with Crippen LogP contribution in [-0.2, 0) is 10.2 Å². The predicted molar refractivity (Wildman–Crippen MR) is 63.2 cm³/mol. The van der Waals surface area contributed by atoms with Gasteiger partial charge in [-0.15, -0.1) is 0 Å². The Kier molecular flexibility index (Phi) is 5.17. The fourth-order valence-corrected chi connectivity index (χ4v) is 3.04. The van der Waals surface area contributed by atoms with Crippen LogP contribution in [0.3, 0.4) is 0 Å². The summed E-state index contributed by atoms with van der Waals surface area (Å²) in [5.41, 5.74) is 0. The van der Waals surface area contributed by atoms with Gasteiger partial charge < -0.3 is 5.11 Å². The number of aliphatic hydroxyl groups excluding tert-OH is 1. The molecule has 0 radical (unpaired) electrons. The summed E-state index contributed by atoms with van der Waals surface area (Å²) in [6.07, 6.45) is 2.52. The molecule has 1 saturated carbocycles. The van der Waals surface area contributed by atoms with E-state index in [0.717, 1.165) is 0 Å². The summed E-state index contributed by atoms with van der Waals surface area (Å²) in [5.74, 6) is 0.296. The minimum atomic E-state index is -3.38. The molecule has 0 aliphatic heterocycles. The molecule has 3 N–H and O–H groups in total. The lowest BCUT2D eigenvalue weighted by Gasteiger charge is -2.26. The Balaban J connectivity index is 2.35. The van der Waals surface area contributed by atoms with Gasteiger partial charge in [0.25, 0.3) is 10.2 Å². The first-order valence-corrected chi connectivity index (χ1v) is 7.32. The average Bonchev–Trinajstić information content (AvgIpc) is 2.19. The molecule has 0 unspecified atom stereocenters. The van der Waals surface area contributed by atoms with Gasteiger partial charge in [-0.05, 0) is 31.6 Å². The Morgan fingerprint density at radius 2 is 1.81 bits per heavy atom. The highest BCUT2D eigenvalue weighted by Crippen LogP contribution is 2.18. The van der Waals surface area contributed by atoms with E-state index in [4.69, 9.17) is 0 Å². The van der Waals surface area contributed by atoms with Gasteiger partial charge in [-0.2, -0.15) is 13.1 Å². The van der Waals surface area contributed by atoms with Crippen molar-refractivity contribution < 1.29 is 13.5 Å².